The summed E-state index contributed by atoms with van der Waals surface area (Å²) in [6.07, 6.45) is 0. The number of halogens is 1. The lowest BCUT2D eigenvalue weighted by atomic mass is 10.1. The van der Waals surface area contributed by atoms with Crippen LogP contribution >= 0.6 is 27.7 Å². The van der Waals surface area contributed by atoms with Gasteiger partial charge in [0.05, 0.1) is 11.8 Å². The third kappa shape index (κ3) is 5.56. The SMILES string of the molecule is C[C@H](NC(=O)CSCc1ccc(Br)cc1)c1ccccc1. The van der Waals surface area contributed by atoms with Gasteiger partial charge in [-0.3, -0.25) is 4.79 Å². The van der Waals surface area contributed by atoms with E-state index in [1.807, 2.05) is 49.4 Å². The van der Waals surface area contributed by atoms with Gasteiger partial charge in [0.1, 0.15) is 0 Å². The van der Waals surface area contributed by atoms with Gasteiger partial charge in [0.25, 0.3) is 0 Å². The molecule has 1 amide bonds. The normalized spacial score (nSPS) is 11.9. The van der Waals surface area contributed by atoms with E-state index in [0.29, 0.717) is 5.75 Å². The zero-order chi connectivity index (χ0) is 15.1. The lowest BCUT2D eigenvalue weighted by Crippen LogP contribution is -2.28. The predicted molar refractivity (Wildman–Crippen MR) is 93.3 cm³/mol. The fourth-order valence-electron chi connectivity index (χ4n) is 1.95. The molecule has 0 unspecified atom stereocenters. The van der Waals surface area contributed by atoms with Crippen molar-refractivity contribution in [1.29, 1.82) is 0 Å². The van der Waals surface area contributed by atoms with Gasteiger partial charge in [0.2, 0.25) is 5.91 Å². The minimum absolute atomic E-state index is 0.0481. The first-order valence-corrected chi connectivity index (χ1v) is 8.76. The van der Waals surface area contributed by atoms with E-state index in [4.69, 9.17) is 0 Å². The van der Waals surface area contributed by atoms with E-state index in [1.54, 1.807) is 11.8 Å². The van der Waals surface area contributed by atoms with Gasteiger partial charge in [-0.05, 0) is 30.2 Å². The molecule has 0 heterocycles. The van der Waals surface area contributed by atoms with Gasteiger partial charge in [-0.1, -0.05) is 58.4 Å². The summed E-state index contributed by atoms with van der Waals surface area (Å²) in [6, 6.07) is 18.2. The molecule has 0 spiro atoms. The van der Waals surface area contributed by atoms with Crippen molar-refractivity contribution in [1.82, 2.24) is 5.32 Å². The highest BCUT2D eigenvalue weighted by Crippen LogP contribution is 2.16. The van der Waals surface area contributed by atoms with Crippen LogP contribution in [0.1, 0.15) is 24.1 Å². The van der Waals surface area contributed by atoms with Crippen LogP contribution in [0, 0.1) is 0 Å². The van der Waals surface area contributed by atoms with E-state index in [0.717, 1.165) is 15.8 Å². The maximum Gasteiger partial charge on any atom is 0.230 e. The van der Waals surface area contributed by atoms with Gasteiger partial charge in [0, 0.05) is 10.2 Å². The molecule has 21 heavy (non-hydrogen) atoms. The molecule has 2 aromatic carbocycles. The molecule has 0 bridgehead atoms. The van der Waals surface area contributed by atoms with Gasteiger partial charge in [-0.15, -0.1) is 11.8 Å². The van der Waals surface area contributed by atoms with E-state index < -0.39 is 0 Å². The molecule has 1 N–H and O–H groups in total. The van der Waals surface area contributed by atoms with Crippen LogP contribution < -0.4 is 5.32 Å². The fourth-order valence-corrected chi connectivity index (χ4v) is 3.01. The van der Waals surface area contributed by atoms with Crippen LogP contribution in [0.3, 0.4) is 0 Å². The van der Waals surface area contributed by atoms with E-state index in [9.17, 15) is 4.79 Å². The molecule has 0 aromatic heterocycles. The summed E-state index contributed by atoms with van der Waals surface area (Å²) < 4.78 is 1.07. The predicted octanol–water partition coefficient (Wildman–Crippen LogP) is 4.56. The molecule has 4 heteroatoms. The number of hydrogen-bond acceptors (Lipinski definition) is 2. The second kappa shape index (κ2) is 8.25. The van der Waals surface area contributed by atoms with Gasteiger partial charge in [-0.25, -0.2) is 0 Å². The van der Waals surface area contributed by atoms with Gasteiger partial charge in [-0.2, -0.15) is 0 Å². The van der Waals surface area contributed by atoms with Crippen LogP contribution in [0.5, 0.6) is 0 Å². The summed E-state index contributed by atoms with van der Waals surface area (Å²) in [5, 5.41) is 3.02. The number of thioether (sulfide) groups is 1. The second-order valence-electron chi connectivity index (χ2n) is 4.82. The molecule has 0 radical (unpaired) electrons. The summed E-state index contributed by atoms with van der Waals surface area (Å²) >= 11 is 5.05. The summed E-state index contributed by atoms with van der Waals surface area (Å²) in [5.74, 6) is 1.40. The lowest BCUT2D eigenvalue weighted by Gasteiger charge is -2.14. The third-order valence-electron chi connectivity index (χ3n) is 3.09. The van der Waals surface area contributed by atoms with Crippen molar-refractivity contribution in [3.63, 3.8) is 0 Å². The van der Waals surface area contributed by atoms with Crippen LogP contribution in [0.15, 0.2) is 59.1 Å². The molecular formula is C17H18BrNOS. The zero-order valence-corrected chi connectivity index (χ0v) is 14.3. The molecule has 110 valence electrons. The van der Waals surface area contributed by atoms with Crippen LogP contribution in [0.25, 0.3) is 0 Å². The van der Waals surface area contributed by atoms with Crippen LogP contribution in [0.2, 0.25) is 0 Å². The summed E-state index contributed by atoms with van der Waals surface area (Å²) in [4.78, 5) is 11.9. The Balaban J connectivity index is 1.73. The topological polar surface area (TPSA) is 29.1 Å². The van der Waals surface area contributed by atoms with Crippen molar-refractivity contribution in [2.75, 3.05) is 5.75 Å². The number of amides is 1. The largest absolute Gasteiger partial charge is 0.349 e. The molecule has 0 aliphatic heterocycles. The second-order valence-corrected chi connectivity index (χ2v) is 6.72. The molecule has 2 nitrogen and oxygen atoms in total. The number of rotatable bonds is 6. The quantitative estimate of drug-likeness (QED) is 0.814. The monoisotopic (exact) mass is 363 g/mol. The molecule has 2 aromatic rings. The minimum atomic E-state index is 0.0481. The number of carbonyl (C=O) groups is 1. The van der Waals surface area contributed by atoms with Crippen molar-refractivity contribution in [3.05, 3.63) is 70.2 Å². The number of nitrogens with one attached hydrogen (secondary N) is 1. The van der Waals surface area contributed by atoms with Crippen LogP contribution in [-0.4, -0.2) is 11.7 Å². The van der Waals surface area contributed by atoms with E-state index in [-0.39, 0.29) is 11.9 Å². The Morgan fingerprint density at radius 2 is 1.81 bits per heavy atom. The van der Waals surface area contributed by atoms with E-state index in [1.165, 1.54) is 5.56 Å². The molecule has 1 atom stereocenters. The fraction of sp³-hybridized carbons (Fsp3) is 0.235. The van der Waals surface area contributed by atoms with Crippen molar-refractivity contribution in [3.8, 4) is 0 Å². The standard InChI is InChI=1S/C17H18BrNOS/c1-13(15-5-3-2-4-6-15)19-17(20)12-21-11-14-7-9-16(18)10-8-14/h2-10,13H,11-12H2,1H3,(H,19,20)/t13-/m0/s1. The number of carbonyl (C=O) groups excluding carboxylic acids is 1. The van der Waals surface area contributed by atoms with E-state index >= 15 is 0 Å². The molecular weight excluding hydrogens is 346 g/mol. The Morgan fingerprint density at radius 1 is 1.14 bits per heavy atom. The Morgan fingerprint density at radius 3 is 2.48 bits per heavy atom. The third-order valence-corrected chi connectivity index (χ3v) is 4.62. The highest BCUT2D eigenvalue weighted by Gasteiger charge is 2.09. The minimum Gasteiger partial charge on any atom is -0.349 e. The molecule has 0 aliphatic carbocycles. The van der Waals surface area contributed by atoms with Gasteiger partial charge >= 0.3 is 0 Å². The average Bonchev–Trinajstić information content (AvgIpc) is 2.50. The van der Waals surface area contributed by atoms with Crippen molar-refractivity contribution >= 4 is 33.6 Å². The highest BCUT2D eigenvalue weighted by molar-refractivity contribution is 9.10. The number of hydrogen-bond donors (Lipinski definition) is 1. The van der Waals surface area contributed by atoms with Gasteiger partial charge < -0.3 is 5.32 Å². The van der Waals surface area contributed by atoms with Crippen molar-refractivity contribution in [2.45, 2.75) is 18.7 Å². The Labute approximate surface area is 138 Å². The molecule has 0 saturated heterocycles. The number of benzene rings is 2. The van der Waals surface area contributed by atoms with Crippen molar-refractivity contribution in [2.24, 2.45) is 0 Å². The first kappa shape index (κ1) is 16.1. The molecule has 0 fully saturated rings. The lowest BCUT2D eigenvalue weighted by molar-refractivity contribution is -0.119. The van der Waals surface area contributed by atoms with Gasteiger partial charge in [0.15, 0.2) is 0 Å². The molecule has 0 saturated carbocycles. The Kier molecular flexibility index (Phi) is 6.33. The Hall–Kier alpha value is -1.26. The maximum atomic E-state index is 11.9. The Bertz CT molecular complexity index is 571. The summed E-state index contributed by atoms with van der Waals surface area (Å²) in [6.45, 7) is 2.01. The molecule has 2 rings (SSSR count). The summed E-state index contributed by atoms with van der Waals surface area (Å²) in [7, 11) is 0. The first-order valence-electron chi connectivity index (χ1n) is 6.81. The average molecular weight is 364 g/mol. The highest BCUT2D eigenvalue weighted by atomic mass is 79.9. The maximum absolute atomic E-state index is 11.9. The first-order chi connectivity index (χ1) is 10.1. The zero-order valence-electron chi connectivity index (χ0n) is 11.9. The molecule has 0 aliphatic rings. The van der Waals surface area contributed by atoms with E-state index in [2.05, 4.69) is 33.4 Å². The van der Waals surface area contributed by atoms with Crippen LogP contribution in [-0.2, 0) is 10.5 Å². The van der Waals surface area contributed by atoms with Crippen LogP contribution in [0.4, 0.5) is 0 Å². The smallest absolute Gasteiger partial charge is 0.230 e. The summed E-state index contributed by atoms with van der Waals surface area (Å²) in [5.41, 5.74) is 2.36. The van der Waals surface area contributed by atoms with Crippen molar-refractivity contribution < 1.29 is 4.79 Å².